The summed E-state index contributed by atoms with van der Waals surface area (Å²) in [5, 5.41) is 12.4. The van der Waals surface area contributed by atoms with E-state index in [0.29, 0.717) is 11.3 Å². The smallest absolute Gasteiger partial charge is 0.245 e. The number of hydrogen-bond donors (Lipinski definition) is 0. The zero-order valence-corrected chi connectivity index (χ0v) is 17.5. The fraction of sp³-hybridized carbons (Fsp3) is 0.192. The number of Topliss-reactive ketones (excluding diaryl/α,β-unsaturated/α-hetero) is 1. The van der Waals surface area contributed by atoms with Gasteiger partial charge in [-0.25, -0.2) is 0 Å². The molecule has 6 heteroatoms. The number of anilines is 1. The zero-order chi connectivity index (χ0) is 22.2. The van der Waals surface area contributed by atoms with Crippen molar-refractivity contribution in [2.45, 2.75) is 24.0 Å². The SMILES string of the molecule is COc1ccc(C2C(C(=O)c3ccccc3)N3c4ccccc4C=CC3C2[N+](=O)[O-])cc1. The van der Waals surface area contributed by atoms with Gasteiger partial charge in [-0.15, -0.1) is 0 Å². The average molecular weight is 426 g/mol. The molecular formula is C26H22N2O4. The van der Waals surface area contributed by atoms with Crippen LogP contribution in [0.3, 0.4) is 0 Å². The second-order valence-corrected chi connectivity index (χ2v) is 8.07. The molecule has 2 aliphatic heterocycles. The first-order chi connectivity index (χ1) is 15.6. The Labute approximate surface area is 185 Å². The Morgan fingerprint density at radius 1 is 0.969 bits per heavy atom. The number of ketones is 1. The highest BCUT2D eigenvalue weighted by atomic mass is 16.6. The molecule has 5 rings (SSSR count). The molecule has 0 radical (unpaired) electrons. The molecule has 6 nitrogen and oxygen atoms in total. The highest BCUT2D eigenvalue weighted by Gasteiger charge is 2.58. The van der Waals surface area contributed by atoms with E-state index in [2.05, 4.69) is 0 Å². The maximum absolute atomic E-state index is 13.9. The van der Waals surface area contributed by atoms with E-state index in [0.717, 1.165) is 16.8 Å². The number of para-hydroxylation sites is 1. The van der Waals surface area contributed by atoms with Crippen molar-refractivity contribution in [2.24, 2.45) is 0 Å². The van der Waals surface area contributed by atoms with Gasteiger partial charge in [0.2, 0.25) is 6.04 Å². The third-order valence-electron chi connectivity index (χ3n) is 6.44. The van der Waals surface area contributed by atoms with Gasteiger partial charge in [0.15, 0.2) is 5.78 Å². The van der Waals surface area contributed by atoms with Crippen LogP contribution in [-0.4, -0.2) is 35.9 Å². The largest absolute Gasteiger partial charge is 0.497 e. The van der Waals surface area contributed by atoms with Gasteiger partial charge in [-0.05, 0) is 29.3 Å². The van der Waals surface area contributed by atoms with Gasteiger partial charge in [-0.2, -0.15) is 0 Å². The van der Waals surface area contributed by atoms with Gasteiger partial charge in [0.25, 0.3) is 0 Å². The molecule has 4 atom stereocenters. The standard InChI is InChI=1S/C26H22N2O4/c1-32-20-14-11-18(12-15-20)23-24(28(30)31)22-16-13-17-7-5-6-10-21(17)27(22)25(23)26(29)19-8-3-2-4-9-19/h2-16,22-25H,1H3. The molecule has 0 bridgehead atoms. The van der Waals surface area contributed by atoms with E-state index in [4.69, 9.17) is 4.74 Å². The summed E-state index contributed by atoms with van der Waals surface area (Å²) in [4.78, 5) is 28.0. The minimum atomic E-state index is -0.967. The van der Waals surface area contributed by atoms with Gasteiger partial charge in [0.05, 0.1) is 13.0 Å². The molecule has 0 saturated carbocycles. The van der Waals surface area contributed by atoms with E-state index in [1.807, 2.05) is 71.6 Å². The Balaban J connectivity index is 1.71. The van der Waals surface area contributed by atoms with Crippen molar-refractivity contribution >= 4 is 17.5 Å². The minimum absolute atomic E-state index is 0.120. The fourth-order valence-corrected chi connectivity index (χ4v) is 5.03. The van der Waals surface area contributed by atoms with E-state index in [1.54, 1.807) is 31.4 Å². The maximum atomic E-state index is 13.9. The van der Waals surface area contributed by atoms with Gasteiger partial charge in [-0.1, -0.05) is 72.8 Å². The summed E-state index contributed by atoms with van der Waals surface area (Å²) in [5.74, 6) is -0.0754. The predicted octanol–water partition coefficient (Wildman–Crippen LogP) is 4.59. The molecule has 1 saturated heterocycles. The van der Waals surface area contributed by atoms with E-state index >= 15 is 0 Å². The van der Waals surface area contributed by atoms with Crippen LogP contribution >= 0.6 is 0 Å². The van der Waals surface area contributed by atoms with Gasteiger partial charge in [0, 0.05) is 16.2 Å². The van der Waals surface area contributed by atoms with Crippen molar-refractivity contribution < 1.29 is 14.5 Å². The maximum Gasteiger partial charge on any atom is 0.245 e. The molecule has 0 N–H and O–H groups in total. The lowest BCUT2D eigenvalue weighted by Crippen LogP contribution is -2.44. The molecule has 32 heavy (non-hydrogen) atoms. The molecule has 0 aromatic heterocycles. The quantitative estimate of drug-likeness (QED) is 0.339. The van der Waals surface area contributed by atoms with E-state index in [9.17, 15) is 14.9 Å². The lowest BCUT2D eigenvalue weighted by Gasteiger charge is -2.34. The third-order valence-corrected chi connectivity index (χ3v) is 6.44. The van der Waals surface area contributed by atoms with Gasteiger partial charge in [-0.3, -0.25) is 14.9 Å². The molecule has 4 unspecified atom stereocenters. The number of benzene rings is 3. The molecule has 1 fully saturated rings. The Morgan fingerprint density at radius 2 is 1.66 bits per heavy atom. The molecule has 0 spiro atoms. The number of rotatable bonds is 5. The Hall–Kier alpha value is -3.93. The highest BCUT2D eigenvalue weighted by Crippen LogP contribution is 2.47. The van der Waals surface area contributed by atoms with Crippen molar-refractivity contribution in [2.75, 3.05) is 12.0 Å². The summed E-state index contributed by atoms with van der Waals surface area (Å²) in [7, 11) is 1.58. The van der Waals surface area contributed by atoms with Crippen LogP contribution in [0.4, 0.5) is 5.69 Å². The molecular weight excluding hydrogens is 404 g/mol. The zero-order valence-electron chi connectivity index (χ0n) is 17.5. The van der Waals surface area contributed by atoms with Crippen LogP contribution < -0.4 is 9.64 Å². The Morgan fingerprint density at radius 3 is 2.34 bits per heavy atom. The van der Waals surface area contributed by atoms with Crippen molar-refractivity contribution in [1.29, 1.82) is 0 Å². The topological polar surface area (TPSA) is 72.7 Å². The number of hydrogen-bond acceptors (Lipinski definition) is 5. The van der Waals surface area contributed by atoms with Crippen molar-refractivity contribution in [3.05, 3.63) is 112 Å². The normalized spacial score (nSPS) is 23.3. The fourth-order valence-electron chi connectivity index (χ4n) is 5.03. The monoisotopic (exact) mass is 426 g/mol. The van der Waals surface area contributed by atoms with E-state index in [-0.39, 0.29) is 10.7 Å². The summed E-state index contributed by atoms with van der Waals surface area (Å²) in [6, 6.07) is 21.8. The molecule has 0 aliphatic carbocycles. The Bertz CT molecular complexity index is 1190. The second kappa shape index (κ2) is 7.96. The highest BCUT2D eigenvalue weighted by molar-refractivity contribution is 6.04. The molecule has 2 aliphatic rings. The lowest BCUT2D eigenvalue weighted by atomic mass is 9.83. The Kier molecular flexibility index (Phi) is 4.98. The predicted molar refractivity (Wildman–Crippen MR) is 123 cm³/mol. The van der Waals surface area contributed by atoms with Gasteiger partial charge < -0.3 is 9.64 Å². The van der Waals surface area contributed by atoms with Crippen molar-refractivity contribution in [1.82, 2.24) is 0 Å². The third kappa shape index (κ3) is 3.15. The van der Waals surface area contributed by atoms with Crippen LogP contribution in [0.1, 0.15) is 27.4 Å². The number of ether oxygens (including phenoxy) is 1. The summed E-state index contributed by atoms with van der Waals surface area (Å²) in [5.41, 5.74) is 3.09. The number of nitrogens with zero attached hydrogens (tertiary/aromatic N) is 2. The molecule has 0 amide bonds. The number of nitro groups is 1. The first kappa shape index (κ1) is 20.0. The second-order valence-electron chi connectivity index (χ2n) is 8.07. The summed E-state index contributed by atoms with van der Waals surface area (Å²) in [6.07, 6.45) is 3.79. The molecule has 3 aromatic rings. The number of carbonyl (C=O) groups excluding carboxylic acids is 1. The van der Waals surface area contributed by atoms with Crippen LogP contribution in [0.5, 0.6) is 5.75 Å². The van der Waals surface area contributed by atoms with Crippen LogP contribution in [0.25, 0.3) is 6.08 Å². The summed E-state index contributed by atoms with van der Waals surface area (Å²) >= 11 is 0. The number of carbonyl (C=O) groups is 1. The summed E-state index contributed by atoms with van der Waals surface area (Å²) < 4.78 is 5.27. The van der Waals surface area contributed by atoms with Crippen LogP contribution in [0.2, 0.25) is 0 Å². The van der Waals surface area contributed by atoms with Crippen LogP contribution in [0.15, 0.2) is 84.9 Å². The van der Waals surface area contributed by atoms with Crippen LogP contribution in [0, 0.1) is 10.1 Å². The minimum Gasteiger partial charge on any atom is -0.497 e. The summed E-state index contributed by atoms with van der Waals surface area (Å²) in [6.45, 7) is 0. The molecule has 3 aromatic carbocycles. The number of fused-ring (bicyclic) bond motifs is 3. The first-order valence-corrected chi connectivity index (χ1v) is 10.5. The van der Waals surface area contributed by atoms with E-state index in [1.165, 1.54) is 0 Å². The van der Waals surface area contributed by atoms with Crippen molar-refractivity contribution in [3.8, 4) is 5.75 Å². The van der Waals surface area contributed by atoms with E-state index < -0.39 is 24.0 Å². The molecule has 160 valence electrons. The van der Waals surface area contributed by atoms with Gasteiger partial charge >= 0.3 is 0 Å². The molecule has 2 heterocycles. The first-order valence-electron chi connectivity index (χ1n) is 10.5. The average Bonchev–Trinajstić information content (AvgIpc) is 3.20. The lowest BCUT2D eigenvalue weighted by molar-refractivity contribution is -0.524. The van der Waals surface area contributed by atoms with Gasteiger partial charge in [0.1, 0.15) is 17.8 Å². The number of methoxy groups -OCH3 is 1. The van der Waals surface area contributed by atoms with Crippen LogP contribution in [-0.2, 0) is 0 Å². The van der Waals surface area contributed by atoms with Crippen molar-refractivity contribution in [3.63, 3.8) is 0 Å².